The molecule has 2 aliphatic rings. The van der Waals surface area contributed by atoms with E-state index < -0.39 is 0 Å². The highest BCUT2D eigenvalue weighted by Gasteiger charge is 2.38. The van der Waals surface area contributed by atoms with Gasteiger partial charge in [-0.2, -0.15) is 0 Å². The van der Waals surface area contributed by atoms with Crippen LogP contribution in [0.4, 0.5) is 0 Å². The summed E-state index contributed by atoms with van der Waals surface area (Å²) in [5.74, 6) is 1.57. The van der Waals surface area contributed by atoms with E-state index in [0.29, 0.717) is 12.0 Å². The van der Waals surface area contributed by atoms with Gasteiger partial charge >= 0.3 is 0 Å². The summed E-state index contributed by atoms with van der Waals surface area (Å²) in [6.07, 6.45) is 1.19. The topological polar surface area (TPSA) is 48.9 Å². The molecule has 2 unspecified atom stereocenters. The van der Waals surface area contributed by atoms with Crippen LogP contribution in [0.15, 0.2) is 35.3 Å². The van der Waals surface area contributed by atoms with Crippen LogP contribution < -0.4 is 10.6 Å². The maximum Gasteiger partial charge on any atom is 0.191 e. The zero-order chi connectivity index (χ0) is 15.9. The van der Waals surface area contributed by atoms with E-state index >= 15 is 0 Å². The van der Waals surface area contributed by atoms with E-state index in [1.807, 2.05) is 0 Å². The van der Waals surface area contributed by atoms with E-state index in [0.717, 1.165) is 51.9 Å². The molecule has 1 saturated heterocycles. The highest BCUT2D eigenvalue weighted by Crippen LogP contribution is 2.40. The van der Waals surface area contributed by atoms with Gasteiger partial charge in [0.2, 0.25) is 0 Å². The average molecular weight is 316 g/mol. The van der Waals surface area contributed by atoms with Gasteiger partial charge in [0.25, 0.3) is 0 Å². The van der Waals surface area contributed by atoms with Crippen molar-refractivity contribution in [3.05, 3.63) is 35.9 Å². The molecule has 0 amide bonds. The molecule has 0 radical (unpaired) electrons. The summed E-state index contributed by atoms with van der Waals surface area (Å²) in [4.78, 5) is 7.14. The minimum Gasteiger partial charge on any atom is -0.379 e. The Balaban J connectivity index is 1.46. The summed E-state index contributed by atoms with van der Waals surface area (Å²) in [5, 5.41) is 6.93. The Hall–Kier alpha value is -1.59. The Morgan fingerprint density at radius 1 is 1.26 bits per heavy atom. The van der Waals surface area contributed by atoms with E-state index in [1.165, 1.54) is 12.0 Å². The number of aliphatic imine (C=N–C) groups is 1. The Labute approximate surface area is 139 Å². The SMILES string of the molecule is CCNC(=NCCN1CCOCC1)NC1CC1c1ccccc1. The number of morpholine rings is 1. The van der Waals surface area contributed by atoms with Crippen molar-refractivity contribution in [1.29, 1.82) is 0 Å². The lowest BCUT2D eigenvalue weighted by Crippen LogP contribution is -2.41. The predicted octanol–water partition coefficient (Wildman–Crippen LogP) is 1.43. The van der Waals surface area contributed by atoms with E-state index in [1.54, 1.807) is 0 Å². The van der Waals surface area contributed by atoms with Crippen LogP contribution in [0.2, 0.25) is 0 Å². The summed E-state index contributed by atoms with van der Waals surface area (Å²) < 4.78 is 5.38. The first-order chi connectivity index (χ1) is 11.4. The van der Waals surface area contributed by atoms with Crippen LogP contribution in [0.1, 0.15) is 24.8 Å². The zero-order valence-electron chi connectivity index (χ0n) is 14.0. The third kappa shape index (κ3) is 4.94. The summed E-state index contributed by atoms with van der Waals surface area (Å²) in [7, 11) is 0. The molecule has 2 atom stereocenters. The summed E-state index contributed by atoms with van der Waals surface area (Å²) in [6.45, 7) is 8.60. The van der Waals surface area contributed by atoms with Crippen LogP contribution >= 0.6 is 0 Å². The molecule has 1 saturated carbocycles. The van der Waals surface area contributed by atoms with Gasteiger partial charge in [0.15, 0.2) is 5.96 Å². The van der Waals surface area contributed by atoms with E-state index in [9.17, 15) is 0 Å². The minimum atomic E-state index is 0.513. The maximum absolute atomic E-state index is 5.38. The number of rotatable bonds is 6. The monoisotopic (exact) mass is 316 g/mol. The number of nitrogens with one attached hydrogen (secondary N) is 2. The molecule has 1 aliphatic heterocycles. The molecule has 5 heteroatoms. The predicted molar refractivity (Wildman–Crippen MR) is 94.0 cm³/mol. The van der Waals surface area contributed by atoms with Crippen LogP contribution in [0.5, 0.6) is 0 Å². The first kappa shape index (κ1) is 16.3. The van der Waals surface area contributed by atoms with Gasteiger partial charge < -0.3 is 15.4 Å². The number of hydrogen-bond acceptors (Lipinski definition) is 3. The number of benzene rings is 1. The fraction of sp³-hybridized carbons (Fsp3) is 0.611. The van der Waals surface area contributed by atoms with Gasteiger partial charge in [0, 0.05) is 38.1 Å². The molecule has 1 aliphatic carbocycles. The zero-order valence-corrected chi connectivity index (χ0v) is 14.0. The third-order valence-electron chi connectivity index (χ3n) is 4.47. The van der Waals surface area contributed by atoms with Crippen LogP contribution in [0, 0.1) is 0 Å². The second-order valence-electron chi connectivity index (χ2n) is 6.22. The Morgan fingerprint density at radius 3 is 2.78 bits per heavy atom. The van der Waals surface area contributed by atoms with Gasteiger partial charge in [-0.05, 0) is 18.9 Å². The van der Waals surface area contributed by atoms with E-state index in [-0.39, 0.29) is 0 Å². The summed E-state index contributed by atoms with van der Waals surface area (Å²) in [6, 6.07) is 11.3. The molecular weight excluding hydrogens is 288 g/mol. The van der Waals surface area contributed by atoms with Crippen molar-refractivity contribution in [3.63, 3.8) is 0 Å². The second kappa shape index (κ2) is 8.31. The molecule has 0 spiro atoms. The van der Waals surface area contributed by atoms with Crippen molar-refractivity contribution in [2.45, 2.75) is 25.3 Å². The van der Waals surface area contributed by atoms with Gasteiger partial charge in [-0.15, -0.1) is 0 Å². The van der Waals surface area contributed by atoms with Gasteiger partial charge in [-0.1, -0.05) is 30.3 Å². The first-order valence-corrected chi connectivity index (χ1v) is 8.76. The van der Waals surface area contributed by atoms with Crippen molar-refractivity contribution >= 4 is 5.96 Å². The first-order valence-electron chi connectivity index (χ1n) is 8.76. The molecule has 5 nitrogen and oxygen atoms in total. The summed E-state index contributed by atoms with van der Waals surface area (Å²) in [5.41, 5.74) is 1.43. The fourth-order valence-electron chi connectivity index (χ4n) is 3.05. The molecule has 0 aromatic heterocycles. The average Bonchev–Trinajstić information content (AvgIpc) is 3.36. The highest BCUT2D eigenvalue weighted by atomic mass is 16.5. The Kier molecular flexibility index (Phi) is 5.88. The Bertz CT molecular complexity index is 499. The quantitative estimate of drug-likeness (QED) is 0.616. The Morgan fingerprint density at radius 2 is 2.04 bits per heavy atom. The molecule has 1 aromatic carbocycles. The molecule has 1 aromatic rings. The van der Waals surface area contributed by atoms with Gasteiger partial charge in [-0.3, -0.25) is 9.89 Å². The molecule has 1 heterocycles. The molecule has 126 valence electrons. The normalized spacial score (nSPS) is 25.2. The van der Waals surface area contributed by atoms with Crippen LogP contribution in [0.25, 0.3) is 0 Å². The van der Waals surface area contributed by atoms with Crippen LogP contribution in [0.3, 0.4) is 0 Å². The largest absolute Gasteiger partial charge is 0.379 e. The lowest BCUT2D eigenvalue weighted by Gasteiger charge is -2.25. The third-order valence-corrected chi connectivity index (χ3v) is 4.47. The lowest BCUT2D eigenvalue weighted by molar-refractivity contribution is 0.0394. The van der Waals surface area contributed by atoms with Gasteiger partial charge in [-0.25, -0.2) is 0 Å². The van der Waals surface area contributed by atoms with Gasteiger partial charge in [0.05, 0.1) is 19.8 Å². The molecule has 0 bridgehead atoms. The van der Waals surface area contributed by atoms with Crippen molar-refractivity contribution in [2.75, 3.05) is 45.9 Å². The van der Waals surface area contributed by atoms with Crippen LogP contribution in [-0.4, -0.2) is 62.8 Å². The molecule has 2 fully saturated rings. The number of ether oxygens (including phenoxy) is 1. The van der Waals surface area contributed by atoms with Crippen molar-refractivity contribution < 1.29 is 4.74 Å². The molecule has 23 heavy (non-hydrogen) atoms. The van der Waals surface area contributed by atoms with Crippen LogP contribution in [-0.2, 0) is 4.74 Å². The molecule has 3 rings (SSSR count). The maximum atomic E-state index is 5.38. The summed E-state index contributed by atoms with van der Waals surface area (Å²) >= 11 is 0. The smallest absolute Gasteiger partial charge is 0.191 e. The number of guanidine groups is 1. The van der Waals surface area contributed by atoms with Crippen molar-refractivity contribution in [3.8, 4) is 0 Å². The second-order valence-corrected chi connectivity index (χ2v) is 6.22. The van der Waals surface area contributed by atoms with E-state index in [4.69, 9.17) is 9.73 Å². The van der Waals surface area contributed by atoms with Crippen molar-refractivity contribution in [1.82, 2.24) is 15.5 Å². The fourth-order valence-corrected chi connectivity index (χ4v) is 3.05. The number of nitrogens with zero attached hydrogens (tertiary/aromatic N) is 2. The minimum absolute atomic E-state index is 0.513. The van der Waals surface area contributed by atoms with E-state index in [2.05, 4.69) is 52.8 Å². The highest BCUT2D eigenvalue weighted by molar-refractivity contribution is 5.80. The number of hydrogen-bond donors (Lipinski definition) is 2. The lowest BCUT2D eigenvalue weighted by atomic mass is 10.1. The standard InChI is InChI=1S/C18H28N4O/c1-2-19-18(20-8-9-22-10-12-23-13-11-22)21-17-14-16(17)15-6-4-3-5-7-15/h3-7,16-17H,2,8-14H2,1H3,(H2,19,20,21). The molecular formula is C18H28N4O. The van der Waals surface area contributed by atoms with Crippen molar-refractivity contribution in [2.24, 2.45) is 4.99 Å². The van der Waals surface area contributed by atoms with Gasteiger partial charge in [0.1, 0.15) is 0 Å². The molecule has 2 N–H and O–H groups in total.